The summed E-state index contributed by atoms with van der Waals surface area (Å²) in [5, 5.41) is 2.90. The fraction of sp³-hybridized carbons (Fsp3) is 0.389. The number of imidazole rings is 1. The van der Waals surface area contributed by atoms with E-state index in [1.165, 1.54) is 0 Å². The number of aryl methyl sites for hydroxylation is 3. The van der Waals surface area contributed by atoms with E-state index in [0.29, 0.717) is 36.7 Å². The zero-order chi connectivity index (χ0) is 17.1. The van der Waals surface area contributed by atoms with Crippen LogP contribution in [0.4, 0.5) is 0 Å². The Labute approximate surface area is 140 Å². The van der Waals surface area contributed by atoms with Crippen LogP contribution in [0.2, 0.25) is 0 Å². The van der Waals surface area contributed by atoms with Crippen molar-refractivity contribution in [2.45, 2.75) is 40.2 Å². The molecule has 3 rings (SSSR count). The predicted molar refractivity (Wildman–Crippen MR) is 92.1 cm³/mol. The van der Waals surface area contributed by atoms with Crippen LogP contribution in [-0.2, 0) is 19.4 Å². The average molecular weight is 326 g/mol. The molecule has 0 saturated carbocycles. The zero-order valence-electron chi connectivity index (χ0n) is 14.3. The molecule has 0 saturated heterocycles. The maximum Gasteiger partial charge on any atom is 0.289 e. The van der Waals surface area contributed by atoms with Gasteiger partial charge in [0.25, 0.3) is 5.91 Å². The second-order valence-corrected chi connectivity index (χ2v) is 5.64. The number of carbonyl (C=O) groups excluding carboxylic acids is 1. The van der Waals surface area contributed by atoms with Gasteiger partial charge in [-0.2, -0.15) is 0 Å². The first-order valence-electron chi connectivity index (χ1n) is 8.32. The number of para-hydroxylation sites is 2. The van der Waals surface area contributed by atoms with Gasteiger partial charge < -0.3 is 14.3 Å². The molecule has 0 fully saturated rings. The van der Waals surface area contributed by atoms with Crippen molar-refractivity contribution in [3.63, 3.8) is 0 Å². The van der Waals surface area contributed by atoms with Crippen LogP contribution in [0.25, 0.3) is 11.0 Å². The molecule has 2 heterocycles. The van der Waals surface area contributed by atoms with Crippen LogP contribution >= 0.6 is 0 Å². The Hall–Kier alpha value is -2.63. The minimum absolute atomic E-state index is 0.223. The van der Waals surface area contributed by atoms with Gasteiger partial charge >= 0.3 is 0 Å². The molecule has 0 aliphatic rings. The van der Waals surface area contributed by atoms with E-state index in [1.807, 2.05) is 25.1 Å². The van der Waals surface area contributed by atoms with Gasteiger partial charge in [-0.15, -0.1) is 0 Å². The van der Waals surface area contributed by atoms with Gasteiger partial charge in [0.1, 0.15) is 5.82 Å². The molecular formula is C18H22N4O2. The maximum atomic E-state index is 12.2. The lowest BCUT2D eigenvalue weighted by Crippen LogP contribution is -2.26. The molecular weight excluding hydrogens is 304 g/mol. The SMILES string of the molecule is CCc1nc(C)c(C(=O)NCCc2nc3ccccc3n2CC)o1. The third kappa shape index (κ3) is 3.04. The van der Waals surface area contributed by atoms with E-state index in [-0.39, 0.29) is 5.91 Å². The third-order valence-corrected chi connectivity index (χ3v) is 4.03. The van der Waals surface area contributed by atoms with Crippen LogP contribution in [0.3, 0.4) is 0 Å². The maximum absolute atomic E-state index is 12.2. The number of carbonyl (C=O) groups is 1. The molecule has 1 amide bonds. The van der Waals surface area contributed by atoms with Crippen molar-refractivity contribution >= 4 is 16.9 Å². The van der Waals surface area contributed by atoms with E-state index >= 15 is 0 Å². The zero-order valence-corrected chi connectivity index (χ0v) is 14.3. The van der Waals surface area contributed by atoms with Gasteiger partial charge in [0.15, 0.2) is 5.89 Å². The highest BCUT2D eigenvalue weighted by molar-refractivity contribution is 5.92. The van der Waals surface area contributed by atoms with Crippen molar-refractivity contribution in [2.24, 2.45) is 0 Å². The van der Waals surface area contributed by atoms with E-state index in [0.717, 1.165) is 23.4 Å². The van der Waals surface area contributed by atoms with Crippen LogP contribution in [0.1, 0.15) is 41.8 Å². The smallest absolute Gasteiger partial charge is 0.289 e. The van der Waals surface area contributed by atoms with Crippen molar-refractivity contribution in [3.05, 3.63) is 47.4 Å². The van der Waals surface area contributed by atoms with Gasteiger partial charge in [0, 0.05) is 25.9 Å². The number of benzene rings is 1. The van der Waals surface area contributed by atoms with Crippen LogP contribution in [0.15, 0.2) is 28.7 Å². The minimum Gasteiger partial charge on any atom is -0.435 e. The molecule has 2 aromatic heterocycles. The summed E-state index contributed by atoms with van der Waals surface area (Å²) in [5.74, 6) is 1.64. The summed E-state index contributed by atoms with van der Waals surface area (Å²) in [5.41, 5.74) is 2.74. The first-order valence-corrected chi connectivity index (χ1v) is 8.32. The molecule has 0 aliphatic heterocycles. The number of hydrogen-bond donors (Lipinski definition) is 1. The molecule has 24 heavy (non-hydrogen) atoms. The van der Waals surface area contributed by atoms with E-state index < -0.39 is 0 Å². The van der Waals surface area contributed by atoms with Gasteiger partial charge in [-0.25, -0.2) is 9.97 Å². The lowest BCUT2D eigenvalue weighted by molar-refractivity contribution is 0.0923. The minimum atomic E-state index is -0.223. The molecule has 0 atom stereocenters. The van der Waals surface area contributed by atoms with Crippen LogP contribution in [-0.4, -0.2) is 27.0 Å². The monoisotopic (exact) mass is 326 g/mol. The van der Waals surface area contributed by atoms with Crippen molar-refractivity contribution in [1.29, 1.82) is 0 Å². The van der Waals surface area contributed by atoms with E-state index in [4.69, 9.17) is 4.42 Å². The molecule has 0 aliphatic carbocycles. The number of rotatable bonds is 6. The number of nitrogens with one attached hydrogen (secondary N) is 1. The average Bonchev–Trinajstić information content (AvgIpc) is 3.14. The van der Waals surface area contributed by atoms with E-state index in [1.54, 1.807) is 6.92 Å². The largest absolute Gasteiger partial charge is 0.435 e. The van der Waals surface area contributed by atoms with Gasteiger partial charge in [-0.05, 0) is 26.0 Å². The molecule has 126 valence electrons. The lowest BCUT2D eigenvalue weighted by Gasteiger charge is -2.07. The molecule has 0 unspecified atom stereocenters. The summed E-state index contributed by atoms with van der Waals surface area (Å²) in [6, 6.07) is 8.07. The molecule has 1 N–H and O–H groups in total. The molecule has 3 aromatic rings. The topological polar surface area (TPSA) is 73.0 Å². The van der Waals surface area contributed by atoms with Gasteiger partial charge in [0.05, 0.1) is 16.7 Å². The van der Waals surface area contributed by atoms with Gasteiger partial charge in [-0.3, -0.25) is 4.79 Å². The van der Waals surface area contributed by atoms with Crippen molar-refractivity contribution in [2.75, 3.05) is 6.54 Å². The third-order valence-electron chi connectivity index (χ3n) is 4.03. The van der Waals surface area contributed by atoms with Gasteiger partial charge in [-0.1, -0.05) is 19.1 Å². The number of hydrogen-bond acceptors (Lipinski definition) is 4. The van der Waals surface area contributed by atoms with Crippen LogP contribution < -0.4 is 5.32 Å². The summed E-state index contributed by atoms with van der Waals surface area (Å²) in [4.78, 5) is 21.1. The number of fused-ring (bicyclic) bond motifs is 1. The molecule has 6 heteroatoms. The van der Waals surface area contributed by atoms with E-state index in [9.17, 15) is 4.79 Å². The Morgan fingerprint density at radius 2 is 2.04 bits per heavy atom. The summed E-state index contributed by atoms with van der Waals surface area (Å²) in [7, 11) is 0. The van der Waals surface area contributed by atoms with Crippen molar-refractivity contribution in [3.8, 4) is 0 Å². The Bertz CT molecular complexity index is 863. The summed E-state index contributed by atoms with van der Waals surface area (Å²) < 4.78 is 7.65. The molecule has 0 spiro atoms. The number of nitrogens with zero attached hydrogens (tertiary/aromatic N) is 3. The standard InChI is InChI=1S/C18H22N4O2/c1-4-16-20-12(3)17(24-16)18(23)19-11-10-15-21-13-8-6-7-9-14(13)22(15)5-2/h6-9H,4-5,10-11H2,1-3H3,(H,19,23). The fourth-order valence-electron chi connectivity index (χ4n) is 2.85. The molecule has 1 aromatic carbocycles. The lowest BCUT2D eigenvalue weighted by atomic mass is 10.3. The molecule has 0 radical (unpaired) electrons. The van der Waals surface area contributed by atoms with Crippen LogP contribution in [0.5, 0.6) is 0 Å². The summed E-state index contributed by atoms with van der Waals surface area (Å²) in [6.45, 7) is 7.19. The Kier molecular flexibility index (Phi) is 4.64. The normalized spacial score (nSPS) is 11.1. The number of oxazole rings is 1. The predicted octanol–water partition coefficient (Wildman–Crippen LogP) is 2.89. The molecule has 6 nitrogen and oxygen atoms in total. The van der Waals surface area contributed by atoms with Crippen molar-refractivity contribution < 1.29 is 9.21 Å². The number of amides is 1. The summed E-state index contributed by atoms with van der Waals surface area (Å²) >= 11 is 0. The first-order chi connectivity index (χ1) is 11.6. The highest BCUT2D eigenvalue weighted by atomic mass is 16.4. The quantitative estimate of drug-likeness (QED) is 0.756. The Balaban J connectivity index is 1.68. The Morgan fingerprint density at radius 1 is 1.25 bits per heavy atom. The second kappa shape index (κ2) is 6.86. The van der Waals surface area contributed by atoms with Gasteiger partial charge in [0.2, 0.25) is 5.76 Å². The van der Waals surface area contributed by atoms with E-state index in [2.05, 4.69) is 32.8 Å². The number of aromatic nitrogens is 3. The fourth-order valence-corrected chi connectivity index (χ4v) is 2.85. The second-order valence-electron chi connectivity index (χ2n) is 5.64. The summed E-state index contributed by atoms with van der Waals surface area (Å²) in [6.07, 6.45) is 1.34. The van der Waals surface area contributed by atoms with Crippen molar-refractivity contribution in [1.82, 2.24) is 19.9 Å². The highest BCUT2D eigenvalue weighted by Gasteiger charge is 2.17. The van der Waals surface area contributed by atoms with Crippen LogP contribution in [0, 0.1) is 6.92 Å². The first kappa shape index (κ1) is 16.2. The molecule has 0 bridgehead atoms. The highest BCUT2D eigenvalue weighted by Crippen LogP contribution is 2.16. The Morgan fingerprint density at radius 3 is 2.75 bits per heavy atom.